The van der Waals surface area contributed by atoms with Crippen molar-refractivity contribution in [2.75, 3.05) is 13.6 Å². The number of cyclic esters (lactones) is 1. The predicted molar refractivity (Wildman–Crippen MR) is 62.4 cm³/mol. The third kappa shape index (κ3) is 1.61. The van der Waals surface area contributed by atoms with Crippen LogP contribution in [0.3, 0.4) is 0 Å². The van der Waals surface area contributed by atoms with Crippen LogP contribution in [0, 0.1) is 0 Å². The number of fused-ring (bicyclic) bond motifs is 1. The van der Waals surface area contributed by atoms with Crippen LogP contribution in [0.15, 0.2) is 24.3 Å². The predicted octanol–water partition coefficient (Wildman–Crippen LogP) is 2.07. The SMILES string of the molecule is CCC1(CCNC)OC(=O)c2ccccc21. The van der Waals surface area contributed by atoms with Gasteiger partial charge in [-0.2, -0.15) is 0 Å². The van der Waals surface area contributed by atoms with Crippen molar-refractivity contribution in [1.29, 1.82) is 0 Å². The zero-order valence-electron chi connectivity index (χ0n) is 9.75. The molecule has 3 nitrogen and oxygen atoms in total. The molecule has 1 atom stereocenters. The summed E-state index contributed by atoms with van der Waals surface area (Å²) in [5, 5.41) is 3.11. The summed E-state index contributed by atoms with van der Waals surface area (Å²) in [6.45, 7) is 2.90. The molecule has 0 amide bonds. The topological polar surface area (TPSA) is 38.3 Å². The zero-order chi connectivity index (χ0) is 11.6. The molecule has 0 aromatic heterocycles. The van der Waals surface area contributed by atoms with Gasteiger partial charge >= 0.3 is 5.97 Å². The highest BCUT2D eigenvalue weighted by Crippen LogP contribution is 2.41. The zero-order valence-corrected chi connectivity index (χ0v) is 9.75. The summed E-state index contributed by atoms with van der Waals surface area (Å²) in [4.78, 5) is 11.8. The standard InChI is InChI=1S/C13H17NO2/c1-3-13(8-9-14-2)11-7-5-4-6-10(11)12(15)16-13/h4-7,14H,3,8-9H2,1-2H3. The molecule has 16 heavy (non-hydrogen) atoms. The second-order valence-corrected chi connectivity index (χ2v) is 4.14. The highest BCUT2D eigenvalue weighted by atomic mass is 16.6. The van der Waals surface area contributed by atoms with Crippen LogP contribution in [-0.4, -0.2) is 19.6 Å². The number of carbonyl (C=O) groups excluding carboxylic acids is 1. The molecule has 1 unspecified atom stereocenters. The maximum atomic E-state index is 11.8. The Morgan fingerprint density at radius 1 is 1.38 bits per heavy atom. The average molecular weight is 219 g/mol. The summed E-state index contributed by atoms with van der Waals surface area (Å²) in [6, 6.07) is 7.68. The van der Waals surface area contributed by atoms with Gasteiger partial charge in [0.25, 0.3) is 0 Å². The Morgan fingerprint density at radius 3 is 2.81 bits per heavy atom. The molecule has 0 radical (unpaired) electrons. The van der Waals surface area contributed by atoms with Gasteiger partial charge < -0.3 is 10.1 Å². The van der Waals surface area contributed by atoms with E-state index in [1.807, 2.05) is 31.3 Å². The molecule has 0 saturated carbocycles. The Hall–Kier alpha value is -1.35. The van der Waals surface area contributed by atoms with E-state index in [1.165, 1.54) is 0 Å². The first kappa shape index (κ1) is 11.1. The molecule has 86 valence electrons. The van der Waals surface area contributed by atoms with Crippen LogP contribution < -0.4 is 5.32 Å². The van der Waals surface area contributed by atoms with Crippen LogP contribution in [0.1, 0.15) is 35.7 Å². The largest absolute Gasteiger partial charge is 0.451 e. The minimum absolute atomic E-state index is 0.187. The third-order valence-corrected chi connectivity index (χ3v) is 3.28. The van der Waals surface area contributed by atoms with E-state index in [9.17, 15) is 4.79 Å². The summed E-state index contributed by atoms with van der Waals surface area (Å²) in [5.74, 6) is -0.187. The Labute approximate surface area is 95.8 Å². The van der Waals surface area contributed by atoms with Gasteiger partial charge in [0.05, 0.1) is 5.56 Å². The van der Waals surface area contributed by atoms with E-state index in [0.717, 1.165) is 30.5 Å². The highest BCUT2D eigenvalue weighted by molar-refractivity contribution is 5.94. The smallest absolute Gasteiger partial charge is 0.339 e. The van der Waals surface area contributed by atoms with Gasteiger partial charge in [0.15, 0.2) is 0 Å². The van der Waals surface area contributed by atoms with E-state index < -0.39 is 5.60 Å². The summed E-state index contributed by atoms with van der Waals surface area (Å²) >= 11 is 0. The van der Waals surface area contributed by atoms with Crippen molar-refractivity contribution in [3.05, 3.63) is 35.4 Å². The molecule has 0 fully saturated rings. The van der Waals surface area contributed by atoms with E-state index in [0.29, 0.717) is 0 Å². The van der Waals surface area contributed by atoms with E-state index in [2.05, 4.69) is 12.2 Å². The maximum absolute atomic E-state index is 11.8. The molecule has 0 spiro atoms. The normalized spacial score (nSPS) is 23.0. The van der Waals surface area contributed by atoms with Gasteiger partial charge in [-0.05, 0) is 26.1 Å². The van der Waals surface area contributed by atoms with Gasteiger partial charge in [0.1, 0.15) is 5.60 Å². The van der Waals surface area contributed by atoms with E-state index in [4.69, 9.17) is 4.74 Å². The quantitative estimate of drug-likeness (QED) is 0.788. The Balaban J connectivity index is 2.39. The average Bonchev–Trinajstić information content (AvgIpc) is 2.62. The van der Waals surface area contributed by atoms with E-state index in [1.54, 1.807) is 0 Å². The Bertz CT molecular complexity index is 403. The van der Waals surface area contributed by atoms with Crippen LogP contribution in [0.25, 0.3) is 0 Å². The number of nitrogens with one attached hydrogen (secondary N) is 1. The molecule has 1 heterocycles. The van der Waals surface area contributed by atoms with Gasteiger partial charge in [-0.3, -0.25) is 0 Å². The molecule has 1 aliphatic rings. The van der Waals surface area contributed by atoms with Crippen LogP contribution >= 0.6 is 0 Å². The molecular formula is C13H17NO2. The van der Waals surface area contributed by atoms with Gasteiger partial charge in [0.2, 0.25) is 0 Å². The van der Waals surface area contributed by atoms with Crippen LogP contribution in [0.2, 0.25) is 0 Å². The number of hydrogen-bond acceptors (Lipinski definition) is 3. The van der Waals surface area contributed by atoms with Crippen molar-refractivity contribution in [2.24, 2.45) is 0 Å². The number of esters is 1. The molecule has 1 N–H and O–H groups in total. The highest BCUT2D eigenvalue weighted by Gasteiger charge is 2.43. The number of benzene rings is 1. The van der Waals surface area contributed by atoms with Crippen LogP contribution in [0.4, 0.5) is 0 Å². The van der Waals surface area contributed by atoms with Crippen molar-refractivity contribution >= 4 is 5.97 Å². The lowest BCUT2D eigenvalue weighted by Gasteiger charge is -2.27. The van der Waals surface area contributed by atoms with Crippen molar-refractivity contribution in [3.63, 3.8) is 0 Å². The maximum Gasteiger partial charge on any atom is 0.339 e. The lowest BCUT2D eigenvalue weighted by Crippen LogP contribution is -2.29. The lowest BCUT2D eigenvalue weighted by atomic mass is 9.87. The molecule has 0 saturated heterocycles. The van der Waals surface area contributed by atoms with Gasteiger partial charge in [-0.1, -0.05) is 25.1 Å². The molecule has 2 rings (SSSR count). The first-order valence-corrected chi connectivity index (χ1v) is 5.71. The fourth-order valence-corrected chi connectivity index (χ4v) is 2.30. The first-order chi connectivity index (χ1) is 7.73. The number of ether oxygens (including phenoxy) is 1. The number of rotatable bonds is 4. The van der Waals surface area contributed by atoms with Crippen molar-refractivity contribution in [1.82, 2.24) is 5.32 Å². The van der Waals surface area contributed by atoms with E-state index >= 15 is 0 Å². The molecule has 0 bridgehead atoms. The Kier molecular flexibility index (Phi) is 2.97. The summed E-state index contributed by atoms with van der Waals surface area (Å²) < 4.78 is 5.59. The molecule has 0 aliphatic carbocycles. The van der Waals surface area contributed by atoms with Crippen LogP contribution in [-0.2, 0) is 10.3 Å². The fraction of sp³-hybridized carbons (Fsp3) is 0.462. The van der Waals surface area contributed by atoms with Gasteiger partial charge in [-0.25, -0.2) is 4.79 Å². The van der Waals surface area contributed by atoms with E-state index in [-0.39, 0.29) is 5.97 Å². The minimum Gasteiger partial charge on any atom is -0.451 e. The van der Waals surface area contributed by atoms with Gasteiger partial charge in [-0.15, -0.1) is 0 Å². The first-order valence-electron chi connectivity index (χ1n) is 5.71. The fourth-order valence-electron chi connectivity index (χ4n) is 2.30. The Morgan fingerprint density at radius 2 is 2.12 bits per heavy atom. The number of carbonyl (C=O) groups is 1. The van der Waals surface area contributed by atoms with Crippen molar-refractivity contribution in [3.8, 4) is 0 Å². The molecular weight excluding hydrogens is 202 g/mol. The molecule has 3 heteroatoms. The third-order valence-electron chi connectivity index (χ3n) is 3.28. The van der Waals surface area contributed by atoms with Gasteiger partial charge in [0, 0.05) is 12.0 Å². The van der Waals surface area contributed by atoms with Crippen molar-refractivity contribution in [2.45, 2.75) is 25.4 Å². The second-order valence-electron chi connectivity index (χ2n) is 4.14. The molecule has 1 aromatic rings. The number of hydrogen-bond donors (Lipinski definition) is 1. The monoisotopic (exact) mass is 219 g/mol. The minimum atomic E-state index is -0.420. The summed E-state index contributed by atoms with van der Waals surface area (Å²) in [7, 11) is 1.91. The molecule has 1 aliphatic heterocycles. The van der Waals surface area contributed by atoms with Crippen LogP contribution in [0.5, 0.6) is 0 Å². The molecule has 1 aromatic carbocycles. The van der Waals surface area contributed by atoms with Crippen molar-refractivity contribution < 1.29 is 9.53 Å². The summed E-state index contributed by atoms with van der Waals surface area (Å²) in [6.07, 6.45) is 1.64. The lowest BCUT2D eigenvalue weighted by molar-refractivity contribution is -0.0146. The summed E-state index contributed by atoms with van der Waals surface area (Å²) in [5.41, 5.74) is 1.34. The second kappa shape index (κ2) is 4.26.